The second-order valence-corrected chi connectivity index (χ2v) is 6.45. The average Bonchev–Trinajstić information content (AvgIpc) is 2.79. The summed E-state index contributed by atoms with van der Waals surface area (Å²) in [7, 11) is 0. The van der Waals surface area contributed by atoms with Crippen molar-refractivity contribution in [2.75, 3.05) is 19.6 Å². The van der Waals surface area contributed by atoms with E-state index in [-0.39, 0.29) is 11.3 Å². The zero-order chi connectivity index (χ0) is 14.6. The van der Waals surface area contributed by atoms with E-state index in [4.69, 9.17) is 11.6 Å². The normalized spacial score (nSPS) is 22.8. The summed E-state index contributed by atoms with van der Waals surface area (Å²) >= 11 is 6.01. The topological polar surface area (TPSA) is 46.1 Å². The lowest BCUT2D eigenvalue weighted by Crippen LogP contribution is -2.45. The Morgan fingerprint density at radius 3 is 3.05 bits per heavy atom. The van der Waals surface area contributed by atoms with Crippen molar-refractivity contribution in [2.45, 2.75) is 39.7 Å². The summed E-state index contributed by atoms with van der Waals surface area (Å²) in [4.78, 5) is 12.3. The van der Waals surface area contributed by atoms with Crippen molar-refractivity contribution in [3.63, 3.8) is 0 Å². The van der Waals surface area contributed by atoms with Crippen LogP contribution in [0.15, 0.2) is 12.3 Å². The van der Waals surface area contributed by atoms with Crippen LogP contribution in [0.1, 0.15) is 43.6 Å². The number of piperidine rings is 1. The van der Waals surface area contributed by atoms with E-state index in [1.54, 1.807) is 6.07 Å². The zero-order valence-corrected chi connectivity index (χ0v) is 13.1. The maximum absolute atomic E-state index is 12.3. The van der Waals surface area contributed by atoms with E-state index in [2.05, 4.69) is 24.5 Å². The van der Waals surface area contributed by atoms with Gasteiger partial charge in [-0.1, -0.05) is 25.4 Å². The molecule has 0 bridgehead atoms. The van der Waals surface area contributed by atoms with E-state index in [9.17, 15) is 4.79 Å². The van der Waals surface area contributed by atoms with E-state index in [1.807, 2.05) is 10.8 Å². The summed E-state index contributed by atoms with van der Waals surface area (Å²) in [6.07, 6.45) is 5.12. The molecule has 1 fully saturated rings. The maximum Gasteiger partial charge on any atom is 0.267 e. The molecule has 2 rings (SSSR count). The molecule has 1 saturated heterocycles. The number of hydrogen-bond acceptors (Lipinski definition) is 2. The van der Waals surface area contributed by atoms with Gasteiger partial charge in [0, 0.05) is 25.8 Å². The monoisotopic (exact) mass is 297 g/mol. The number of carbonyl (C=O) groups is 1. The summed E-state index contributed by atoms with van der Waals surface area (Å²) in [5.41, 5.74) is 0.809. The molecule has 1 aromatic heterocycles. The van der Waals surface area contributed by atoms with Crippen LogP contribution in [0.3, 0.4) is 0 Å². The summed E-state index contributed by atoms with van der Waals surface area (Å²) in [5.74, 6) is -0.0304. The van der Waals surface area contributed by atoms with Crippen LogP contribution in [-0.4, -0.2) is 30.1 Å². The fourth-order valence-corrected chi connectivity index (χ4v) is 2.97. The molecule has 0 aliphatic carbocycles. The van der Waals surface area contributed by atoms with Crippen LogP contribution in [0, 0.1) is 5.41 Å². The van der Waals surface area contributed by atoms with Gasteiger partial charge in [0.05, 0.1) is 5.02 Å². The van der Waals surface area contributed by atoms with Crippen molar-refractivity contribution < 1.29 is 4.79 Å². The number of nitrogens with zero attached hydrogens (tertiary/aromatic N) is 1. The zero-order valence-electron chi connectivity index (χ0n) is 12.3. The van der Waals surface area contributed by atoms with Gasteiger partial charge >= 0.3 is 0 Å². The van der Waals surface area contributed by atoms with Crippen molar-refractivity contribution in [3.8, 4) is 0 Å². The summed E-state index contributed by atoms with van der Waals surface area (Å²) < 4.78 is 1.93. The van der Waals surface area contributed by atoms with Gasteiger partial charge in [-0.25, -0.2) is 0 Å². The smallest absolute Gasteiger partial charge is 0.267 e. The molecule has 0 radical (unpaired) electrons. The number of halogens is 1. The van der Waals surface area contributed by atoms with Gasteiger partial charge in [-0.2, -0.15) is 0 Å². The van der Waals surface area contributed by atoms with Crippen molar-refractivity contribution in [3.05, 3.63) is 23.0 Å². The van der Waals surface area contributed by atoms with Crippen LogP contribution < -0.4 is 10.6 Å². The summed E-state index contributed by atoms with van der Waals surface area (Å²) in [6.45, 7) is 7.87. The first kappa shape index (κ1) is 15.4. The molecule has 1 amide bonds. The third-order valence-electron chi connectivity index (χ3n) is 3.92. The second-order valence-electron chi connectivity index (χ2n) is 6.01. The van der Waals surface area contributed by atoms with E-state index >= 15 is 0 Å². The highest BCUT2D eigenvalue weighted by Gasteiger charge is 2.27. The number of nitrogens with one attached hydrogen (secondary N) is 2. The molecular formula is C15H24ClN3O. The standard InChI is InChI=1S/C15H24ClN3O/c1-3-7-19-9-12(16)8-13(19)14(20)18-11-15(2)5-4-6-17-10-15/h8-9,17H,3-7,10-11H2,1-2H3,(H,18,20). The number of hydrogen-bond donors (Lipinski definition) is 2. The molecule has 112 valence electrons. The van der Waals surface area contributed by atoms with Gasteiger partial charge in [-0.3, -0.25) is 4.79 Å². The average molecular weight is 298 g/mol. The first-order chi connectivity index (χ1) is 9.54. The highest BCUT2D eigenvalue weighted by molar-refractivity contribution is 6.31. The highest BCUT2D eigenvalue weighted by atomic mass is 35.5. The van der Waals surface area contributed by atoms with E-state index in [1.165, 1.54) is 6.42 Å². The van der Waals surface area contributed by atoms with E-state index in [0.717, 1.165) is 32.5 Å². The second kappa shape index (κ2) is 6.64. The molecule has 1 aliphatic rings. The molecule has 4 nitrogen and oxygen atoms in total. The molecule has 5 heteroatoms. The number of carbonyl (C=O) groups excluding carboxylic acids is 1. The van der Waals surface area contributed by atoms with Gasteiger partial charge in [0.15, 0.2) is 0 Å². The number of rotatable bonds is 5. The molecule has 0 saturated carbocycles. The summed E-state index contributed by atoms with van der Waals surface area (Å²) in [6, 6.07) is 1.74. The third kappa shape index (κ3) is 3.76. The van der Waals surface area contributed by atoms with Gasteiger partial charge < -0.3 is 15.2 Å². The van der Waals surface area contributed by atoms with Crippen LogP contribution in [0.5, 0.6) is 0 Å². The molecule has 0 aromatic carbocycles. The lowest BCUT2D eigenvalue weighted by molar-refractivity contribution is 0.0915. The van der Waals surface area contributed by atoms with Crippen molar-refractivity contribution >= 4 is 17.5 Å². The summed E-state index contributed by atoms with van der Waals surface area (Å²) in [5, 5.41) is 7.08. The lowest BCUT2D eigenvalue weighted by Gasteiger charge is -2.34. The minimum absolute atomic E-state index is 0.0304. The Hall–Kier alpha value is -1.00. The van der Waals surface area contributed by atoms with Gasteiger partial charge in [0.2, 0.25) is 0 Å². The first-order valence-electron chi connectivity index (χ1n) is 7.39. The molecule has 1 unspecified atom stereocenters. The molecule has 1 aromatic rings. The molecule has 0 spiro atoms. The lowest BCUT2D eigenvalue weighted by atomic mass is 9.83. The van der Waals surface area contributed by atoms with Gasteiger partial charge in [-0.15, -0.1) is 0 Å². The molecule has 2 heterocycles. The van der Waals surface area contributed by atoms with Crippen molar-refractivity contribution in [1.29, 1.82) is 0 Å². The minimum Gasteiger partial charge on any atom is -0.350 e. The third-order valence-corrected chi connectivity index (χ3v) is 4.13. The minimum atomic E-state index is -0.0304. The molecular weight excluding hydrogens is 274 g/mol. The Labute approximate surface area is 125 Å². The van der Waals surface area contributed by atoms with Crippen LogP contribution >= 0.6 is 11.6 Å². The van der Waals surface area contributed by atoms with Crippen LogP contribution in [-0.2, 0) is 6.54 Å². The van der Waals surface area contributed by atoms with Gasteiger partial charge in [0.25, 0.3) is 5.91 Å². The quantitative estimate of drug-likeness (QED) is 0.878. The largest absolute Gasteiger partial charge is 0.350 e. The highest BCUT2D eigenvalue weighted by Crippen LogP contribution is 2.24. The van der Waals surface area contributed by atoms with Gasteiger partial charge in [0.1, 0.15) is 5.69 Å². The molecule has 1 atom stereocenters. The Morgan fingerprint density at radius 1 is 1.60 bits per heavy atom. The number of amides is 1. The fraction of sp³-hybridized carbons (Fsp3) is 0.667. The Bertz CT molecular complexity index is 464. The van der Waals surface area contributed by atoms with Crippen LogP contribution in [0.25, 0.3) is 0 Å². The van der Waals surface area contributed by atoms with Gasteiger partial charge in [-0.05, 0) is 37.3 Å². The first-order valence-corrected chi connectivity index (χ1v) is 7.76. The van der Waals surface area contributed by atoms with Crippen LogP contribution in [0.2, 0.25) is 5.02 Å². The van der Waals surface area contributed by atoms with Crippen LogP contribution in [0.4, 0.5) is 0 Å². The Kier molecular flexibility index (Phi) is 5.11. The predicted octanol–water partition coefficient (Wildman–Crippen LogP) is 2.67. The number of aryl methyl sites for hydroxylation is 1. The fourth-order valence-electron chi connectivity index (χ4n) is 2.74. The Balaban J connectivity index is 1.97. The van der Waals surface area contributed by atoms with E-state index in [0.29, 0.717) is 17.3 Å². The van der Waals surface area contributed by atoms with Crippen molar-refractivity contribution in [2.24, 2.45) is 5.41 Å². The predicted molar refractivity (Wildman–Crippen MR) is 82.3 cm³/mol. The molecule has 20 heavy (non-hydrogen) atoms. The molecule has 2 N–H and O–H groups in total. The molecule has 1 aliphatic heterocycles. The van der Waals surface area contributed by atoms with E-state index < -0.39 is 0 Å². The SMILES string of the molecule is CCCn1cc(Cl)cc1C(=O)NCC1(C)CCCNC1. The maximum atomic E-state index is 12.3. The Morgan fingerprint density at radius 2 is 2.40 bits per heavy atom. The van der Waals surface area contributed by atoms with Crippen molar-refractivity contribution in [1.82, 2.24) is 15.2 Å². The number of aromatic nitrogens is 1.